The van der Waals surface area contributed by atoms with Gasteiger partial charge in [-0.25, -0.2) is 9.97 Å². The van der Waals surface area contributed by atoms with Crippen molar-refractivity contribution in [1.82, 2.24) is 9.97 Å². The van der Waals surface area contributed by atoms with E-state index in [4.69, 9.17) is 5.73 Å². The molecule has 0 aliphatic rings. The minimum atomic E-state index is 0.294. The van der Waals surface area contributed by atoms with E-state index in [0.717, 1.165) is 28.0 Å². The Morgan fingerprint density at radius 3 is 2.89 bits per heavy atom. The highest BCUT2D eigenvalue weighted by Gasteiger charge is 2.09. The van der Waals surface area contributed by atoms with Crippen molar-refractivity contribution in [3.8, 4) is 11.3 Å². The third-order valence-electron chi connectivity index (χ3n) is 2.84. The van der Waals surface area contributed by atoms with Crippen molar-refractivity contribution < 1.29 is 0 Å². The first-order chi connectivity index (χ1) is 8.70. The number of rotatable bonds is 4. The molecule has 0 saturated carbocycles. The lowest BCUT2D eigenvalue weighted by Crippen LogP contribution is -2.08. The Labute approximate surface area is 116 Å². The fourth-order valence-electron chi connectivity index (χ4n) is 1.80. The Morgan fingerprint density at radius 2 is 2.17 bits per heavy atom. The molecule has 0 saturated heterocycles. The topological polar surface area (TPSA) is 51.8 Å². The van der Waals surface area contributed by atoms with Gasteiger partial charge in [0.25, 0.3) is 0 Å². The van der Waals surface area contributed by atoms with Crippen LogP contribution in [0.2, 0.25) is 0 Å². The van der Waals surface area contributed by atoms with Crippen LogP contribution in [0.4, 0.5) is 0 Å². The zero-order valence-electron chi connectivity index (χ0n) is 10.3. The van der Waals surface area contributed by atoms with Crippen molar-refractivity contribution in [2.75, 3.05) is 6.54 Å². The van der Waals surface area contributed by atoms with Gasteiger partial charge in [-0.2, -0.15) is 0 Å². The van der Waals surface area contributed by atoms with Crippen molar-refractivity contribution in [3.05, 3.63) is 46.8 Å². The van der Waals surface area contributed by atoms with Crippen LogP contribution in [0, 0.1) is 0 Å². The molecule has 0 radical (unpaired) electrons. The molecule has 1 aromatic carbocycles. The molecular weight excluding hydrogens is 290 g/mol. The predicted octanol–water partition coefficient (Wildman–Crippen LogP) is 3.36. The summed E-state index contributed by atoms with van der Waals surface area (Å²) in [7, 11) is 0. The Morgan fingerprint density at radius 1 is 1.33 bits per heavy atom. The van der Waals surface area contributed by atoms with Gasteiger partial charge in [-0.05, 0) is 31.2 Å². The SMILES string of the molecule is CC(CCN)c1nccc(-c2cccc(Br)c2)n1. The fraction of sp³-hybridized carbons (Fsp3) is 0.286. The lowest BCUT2D eigenvalue weighted by molar-refractivity contribution is 0.647. The van der Waals surface area contributed by atoms with Crippen LogP contribution in [0.3, 0.4) is 0 Å². The number of hydrogen-bond acceptors (Lipinski definition) is 3. The van der Waals surface area contributed by atoms with Gasteiger partial charge in [0.15, 0.2) is 0 Å². The maximum Gasteiger partial charge on any atom is 0.131 e. The first-order valence-electron chi connectivity index (χ1n) is 5.99. The molecule has 0 fully saturated rings. The fourth-order valence-corrected chi connectivity index (χ4v) is 2.20. The molecule has 0 spiro atoms. The van der Waals surface area contributed by atoms with Gasteiger partial charge in [0, 0.05) is 22.2 Å². The van der Waals surface area contributed by atoms with Crippen LogP contribution in [-0.4, -0.2) is 16.5 Å². The average molecular weight is 306 g/mol. The minimum absolute atomic E-state index is 0.294. The molecule has 1 aromatic heterocycles. The van der Waals surface area contributed by atoms with E-state index in [-0.39, 0.29) is 0 Å². The van der Waals surface area contributed by atoms with E-state index in [1.165, 1.54) is 0 Å². The monoisotopic (exact) mass is 305 g/mol. The molecule has 1 unspecified atom stereocenters. The summed E-state index contributed by atoms with van der Waals surface area (Å²) >= 11 is 3.47. The van der Waals surface area contributed by atoms with Gasteiger partial charge < -0.3 is 5.73 Å². The lowest BCUT2D eigenvalue weighted by Gasteiger charge is -2.10. The summed E-state index contributed by atoms with van der Waals surface area (Å²) in [5, 5.41) is 0. The molecule has 0 amide bonds. The van der Waals surface area contributed by atoms with E-state index in [1.54, 1.807) is 0 Å². The highest BCUT2D eigenvalue weighted by molar-refractivity contribution is 9.10. The third-order valence-corrected chi connectivity index (χ3v) is 3.33. The molecule has 4 heteroatoms. The number of halogens is 1. The van der Waals surface area contributed by atoms with Crippen LogP contribution in [0.25, 0.3) is 11.3 Å². The second-order valence-electron chi connectivity index (χ2n) is 4.29. The molecule has 3 nitrogen and oxygen atoms in total. The Hall–Kier alpha value is -1.26. The molecular formula is C14H16BrN3. The summed E-state index contributed by atoms with van der Waals surface area (Å²) in [4.78, 5) is 8.94. The van der Waals surface area contributed by atoms with Crippen LogP contribution < -0.4 is 5.73 Å². The van der Waals surface area contributed by atoms with E-state index in [1.807, 2.05) is 30.5 Å². The highest BCUT2D eigenvalue weighted by Crippen LogP contribution is 2.22. The summed E-state index contributed by atoms with van der Waals surface area (Å²) in [6.45, 7) is 2.76. The number of benzene rings is 1. The molecule has 94 valence electrons. The van der Waals surface area contributed by atoms with E-state index >= 15 is 0 Å². The molecule has 0 aliphatic carbocycles. The number of nitrogens with two attached hydrogens (primary N) is 1. The molecule has 1 heterocycles. The van der Waals surface area contributed by atoms with Gasteiger partial charge in [0.1, 0.15) is 5.82 Å². The van der Waals surface area contributed by atoms with Crippen LogP contribution in [-0.2, 0) is 0 Å². The van der Waals surface area contributed by atoms with E-state index in [0.29, 0.717) is 12.5 Å². The summed E-state index contributed by atoms with van der Waals surface area (Å²) in [5.41, 5.74) is 7.61. The minimum Gasteiger partial charge on any atom is -0.330 e. The quantitative estimate of drug-likeness (QED) is 0.942. The van der Waals surface area contributed by atoms with Gasteiger partial charge in [-0.3, -0.25) is 0 Å². The first kappa shape index (κ1) is 13.2. The molecule has 18 heavy (non-hydrogen) atoms. The second-order valence-corrected chi connectivity index (χ2v) is 5.20. The second kappa shape index (κ2) is 6.07. The van der Waals surface area contributed by atoms with Gasteiger partial charge in [-0.1, -0.05) is 35.0 Å². The van der Waals surface area contributed by atoms with Crippen LogP contribution in [0.1, 0.15) is 25.1 Å². The van der Waals surface area contributed by atoms with E-state index < -0.39 is 0 Å². The molecule has 1 atom stereocenters. The van der Waals surface area contributed by atoms with Crippen molar-refractivity contribution in [2.45, 2.75) is 19.3 Å². The summed E-state index contributed by atoms with van der Waals surface area (Å²) in [6.07, 6.45) is 2.72. The largest absolute Gasteiger partial charge is 0.330 e. The number of aromatic nitrogens is 2. The molecule has 0 bridgehead atoms. The van der Waals surface area contributed by atoms with Crippen LogP contribution in [0.5, 0.6) is 0 Å². The lowest BCUT2D eigenvalue weighted by atomic mass is 10.1. The normalized spacial score (nSPS) is 12.4. The van der Waals surface area contributed by atoms with Gasteiger partial charge in [-0.15, -0.1) is 0 Å². The average Bonchev–Trinajstić information content (AvgIpc) is 2.39. The van der Waals surface area contributed by atoms with Gasteiger partial charge in [0.2, 0.25) is 0 Å². The molecule has 2 rings (SSSR count). The Kier molecular flexibility index (Phi) is 4.44. The zero-order chi connectivity index (χ0) is 13.0. The smallest absolute Gasteiger partial charge is 0.131 e. The predicted molar refractivity (Wildman–Crippen MR) is 77.3 cm³/mol. The third kappa shape index (κ3) is 3.15. The number of nitrogens with zero attached hydrogens (tertiary/aromatic N) is 2. The Balaban J connectivity index is 2.32. The van der Waals surface area contributed by atoms with E-state index in [9.17, 15) is 0 Å². The summed E-state index contributed by atoms with van der Waals surface area (Å²) in [5.74, 6) is 1.15. The zero-order valence-corrected chi connectivity index (χ0v) is 11.9. The summed E-state index contributed by atoms with van der Waals surface area (Å²) < 4.78 is 1.05. The molecule has 2 aromatic rings. The van der Waals surface area contributed by atoms with Gasteiger partial charge >= 0.3 is 0 Å². The number of hydrogen-bond donors (Lipinski definition) is 1. The maximum atomic E-state index is 5.57. The van der Waals surface area contributed by atoms with Gasteiger partial charge in [0.05, 0.1) is 5.69 Å². The van der Waals surface area contributed by atoms with Crippen LogP contribution >= 0.6 is 15.9 Å². The van der Waals surface area contributed by atoms with Crippen molar-refractivity contribution >= 4 is 15.9 Å². The van der Waals surface area contributed by atoms with Crippen molar-refractivity contribution in [3.63, 3.8) is 0 Å². The molecule has 0 aliphatic heterocycles. The van der Waals surface area contributed by atoms with Crippen molar-refractivity contribution in [2.24, 2.45) is 5.73 Å². The highest BCUT2D eigenvalue weighted by atomic mass is 79.9. The summed E-state index contributed by atoms with van der Waals surface area (Å²) in [6, 6.07) is 10.0. The first-order valence-corrected chi connectivity index (χ1v) is 6.79. The van der Waals surface area contributed by atoms with E-state index in [2.05, 4.69) is 38.9 Å². The van der Waals surface area contributed by atoms with Crippen LogP contribution in [0.15, 0.2) is 41.0 Å². The maximum absolute atomic E-state index is 5.57. The standard InChI is InChI=1S/C14H16BrN3/c1-10(5-7-16)14-17-8-6-13(18-14)11-3-2-4-12(15)9-11/h2-4,6,8-10H,5,7,16H2,1H3. The van der Waals surface area contributed by atoms with Crippen molar-refractivity contribution in [1.29, 1.82) is 0 Å². The molecule has 2 N–H and O–H groups in total. The Bertz CT molecular complexity index is 528.